The van der Waals surface area contributed by atoms with E-state index in [-0.39, 0.29) is 11.1 Å². The molecule has 0 aliphatic carbocycles. The summed E-state index contributed by atoms with van der Waals surface area (Å²) in [5, 5.41) is 0. The van der Waals surface area contributed by atoms with Gasteiger partial charge < -0.3 is 9.47 Å². The van der Waals surface area contributed by atoms with E-state index in [4.69, 9.17) is 0 Å². The first-order valence-electron chi connectivity index (χ1n) is 14.0. The van der Waals surface area contributed by atoms with Gasteiger partial charge in [0, 0.05) is 17.2 Å². The third kappa shape index (κ3) is 9.22. The monoisotopic (exact) mass is 682 g/mol. The Balaban J connectivity index is 1.50. The highest BCUT2D eigenvalue weighted by Crippen LogP contribution is 2.36. The van der Waals surface area contributed by atoms with Gasteiger partial charge in [0.1, 0.15) is 34.6 Å². The van der Waals surface area contributed by atoms with Crippen LogP contribution in [0.25, 0.3) is 0 Å². The maximum absolute atomic E-state index is 14.9. The SMILES string of the molecule is CCCCCc1ccc(C#Cc2cc(F)c(C(F)(F)Oc3ccc(C#Cc4cc(F)c(OC(F)(F)F)c(F)c4)c(F)c3)c(F)c2)c(F)c1. The predicted molar refractivity (Wildman–Crippen MR) is 152 cm³/mol. The first kappa shape index (κ1) is 35.7. The maximum Gasteiger partial charge on any atom is 0.573 e. The largest absolute Gasteiger partial charge is 0.573 e. The Kier molecular flexibility index (Phi) is 10.9. The van der Waals surface area contributed by atoms with Gasteiger partial charge in [0.15, 0.2) is 11.6 Å². The molecule has 0 fully saturated rings. The zero-order valence-electron chi connectivity index (χ0n) is 24.6. The standard InChI is InChI=1S/C35H21F11O2/c1-2-3-4-5-20-6-9-23(26(36)14-20)10-7-21-15-28(38)32(29(39)16-21)34(42,43)47-25-13-12-24(27(37)19-25)11-8-22-17-30(40)33(31(41)18-22)48-35(44,45)46/h6,9,12-19H,2-5H2,1H3. The molecule has 0 aromatic heterocycles. The van der Waals surface area contributed by atoms with Gasteiger partial charge in [-0.25, -0.2) is 26.3 Å². The van der Waals surface area contributed by atoms with Crippen molar-refractivity contribution in [1.29, 1.82) is 0 Å². The molecule has 0 saturated heterocycles. The summed E-state index contributed by atoms with van der Waals surface area (Å²) < 4.78 is 161. The maximum atomic E-state index is 14.9. The lowest BCUT2D eigenvalue weighted by Crippen LogP contribution is -2.25. The fraction of sp³-hybridized carbons (Fsp3) is 0.200. The molecule has 0 N–H and O–H groups in total. The Morgan fingerprint density at radius 2 is 1.08 bits per heavy atom. The highest BCUT2D eigenvalue weighted by atomic mass is 19.4. The Labute approximate surface area is 267 Å². The summed E-state index contributed by atoms with van der Waals surface area (Å²) in [6, 6.07) is 8.05. The van der Waals surface area contributed by atoms with Crippen LogP contribution in [0.3, 0.4) is 0 Å². The Bertz CT molecular complexity index is 1900. The fourth-order valence-electron chi connectivity index (χ4n) is 4.30. The van der Waals surface area contributed by atoms with Gasteiger partial charge in [-0.1, -0.05) is 49.5 Å². The van der Waals surface area contributed by atoms with Gasteiger partial charge in [-0.05, 0) is 66.9 Å². The minimum atomic E-state index is -5.38. The molecule has 13 heteroatoms. The molecular formula is C35H21F11O2. The number of rotatable bonds is 8. The summed E-state index contributed by atoms with van der Waals surface area (Å²) in [6.07, 6.45) is -6.55. The number of alkyl halides is 5. The number of unbranched alkanes of at least 4 members (excludes halogenated alkanes) is 2. The van der Waals surface area contributed by atoms with Crippen LogP contribution in [-0.4, -0.2) is 6.36 Å². The summed E-state index contributed by atoms with van der Waals surface area (Å²) in [7, 11) is 0. The van der Waals surface area contributed by atoms with Crippen molar-refractivity contribution in [3.05, 3.63) is 129 Å². The average Bonchev–Trinajstić information content (AvgIpc) is 2.97. The van der Waals surface area contributed by atoms with E-state index in [0.29, 0.717) is 36.8 Å². The molecule has 2 nitrogen and oxygen atoms in total. The fourth-order valence-corrected chi connectivity index (χ4v) is 4.30. The molecule has 0 saturated carbocycles. The summed E-state index contributed by atoms with van der Waals surface area (Å²) in [4.78, 5) is 0. The molecule has 0 bridgehead atoms. The lowest BCUT2D eigenvalue weighted by atomic mass is 10.0. The average molecular weight is 683 g/mol. The van der Waals surface area contributed by atoms with Gasteiger partial charge in [0.05, 0.1) is 11.1 Å². The van der Waals surface area contributed by atoms with Gasteiger partial charge in [0.2, 0.25) is 5.75 Å². The van der Waals surface area contributed by atoms with Crippen LogP contribution in [-0.2, 0) is 12.5 Å². The number of hydrogen-bond acceptors (Lipinski definition) is 2. The zero-order valence-corrected chi connectivity index (χ0v) is 24.6. The predicted octanol–water partition coefficient (Wildman–Crippen LogP) is 10.1. The molecule has 0 radical (unpaired) electrons. The third-order valence-corrected chi connectivity index (χ3v) is 6.52. The third-order valence-electron chi connectivity index (χ3n) is 6.52. The van der Waals surface area contributed by atoms with Gasteiger partial charge >= 0.3 is 12.5 Å². The number of ether oxygens (including phenoxy) is 2. The van der Waals surface area contributed by atoms with E-state index in [1.807, 2.05) is 6.92 Å². The van der Waals surface area contributed by atoms with E-state index in [1.165, 1.54) is 12.1 Å². The molecule has 250 valence electrons. The number of hydrogen-bond donors (Lipinski definition) is 0. The summed E-state index contributed by atoms with van der Waals surface area (Å²) in [5.41, 5.74) is -2.57. The first-order valence-corrected chi connectivity index (χ1v) is 14.0. The number of benzene rings is 4. The van der Waals surface area contributed by atoms with Crippen LogP contribution < -0.4 is 9.47 Å². The smallest absolute Gasteiger partial charge is 0.429 e. The summed E-state index contributed by atoms with van der Waals surface area (Å²) in [6.45, 7) is 2.03. The van der Waals surface area contributed by atoms with Crippen molar-refractivity contribution in [2.24, 2.45) is 0 Å². The van der Waals surface area contributed by atoms with Crippen molar-refractivity contribution in [2.75, 3.05) is 0 Å². The minimum absolute atomic E-state index is 0.0734. The van der Waals surface area contributed by atoms with Crippen molar-refractivity contribution in [3.63, 3.8) is 0 Å². The van der Waals surface area contributed by atoms with Gasteiger partial charge in [0.25, 0.3) is 0 Å². The van der Waals surface area contributed by atoms with Crippen LogP contribution >= 0.6 is 0 Å². The van der Waals surface area contributed by atoms with E-state index >= 15 is 0 Å². The van der Waals surface area contributed by atoms with Crippen molar-refractivity contribution >= 4 is 0 Å². The molecule has 48 heavy (non-hydrogen) atoms. The molecule has 0 atom stereocenters. The van der Waals surface area contributed by atoms with Crippen LogP contribution in [0.15, 0.2) is 60.7 Å². The first-order chi connectivity index (χ1) is 22.6. The number of halogens is 11. The minimum Gasteiger partial charge on any atom is -0.429 e. The Hall–Kier alpha value is -5.17. The normalized spacial score (nSPS) is 11.3. The second-order valence-electron chi connectivity index (χ2n) is 10.2. The lowest BCUT2D eigenvalue weighted by Gasteiger charge is -2.19. The Morgan fingerprint density at radius 3 is 1.58 bits per heavy atom. The van der Waals surface area contributed by atoms with Crippen LogP contribution in [0, 0.1) is 58.6 Å². The topological polar surface area (TPSA) is 18.5 Å². The van der Waals surface area contributed by atoms with E-state index in [0.717, 1.165) is 37.0 Å². The van der Waals surface area contributed by atoms with Crippen molar-refractivity contribution < 1.29 is 57.8 Å². The molecule has 0 unspecified atom stereocenters. The molecule has 4 aromatic carbocycles. The summed E-state index contributed by atoms with van der Waals surface area (Å²) >= 11 is 0. The quantitative estimate of drug-likeness (QED) is 0.105. The van der Waals surface area contributed by atoms with Crippen molar-refractivity contribution in [1.82, 2.24) is 0 Å². The second kappa shape index (κ2) is 14.7. The van der Waals surface area contributed by atoms with Crippen LogP contribution in [0.4, 0.5) is 48.3 Å². The molecular weight excluding hydrogens is 661 g/mol. The molecule has 4 aromatic rings. The van der Waals surface area contributed by atoms with Gasteiger partial charge in [-0.3, -0.25) is 0 Å². The zero-order chi connectivity index (χ0) is 35.2. The molecule has 0 amide bonds. The molecule has 0 heterocycles. The molecule has 0 aliphatic heterocycles. The van der Waals surface area contributed by atoms with Crippen molar-refractivity contribution in [3.8, 4) is 35.2 Å². The Morgan fingerprint density at radius 1 is 0.562 bits per heavy atom. The molecule has 0 spiro atoms. The van der Waals surface area contributed by atoms with E-state index in [1.54, 1.807) is 6.07 Å². The van der Waals surface area contributed by atoms with E-state index < -0.39 is 75.6 Å². The summed E-state index contributed by atoms with van der Waals surface area (Å²) in [5.74, 6) is -2.66. The second-order valence-corrected chi connectivity index (χ2v) is 10.2. The molecule has 4 rings (SSSR count). The van der Waals surface area contributed by atoms with Gasteiger partial charge in [-0.15, -0.1) is 13.2 Å². The lowest BCUT2D eigenvalue weighted by molar-refractivity contribution is -0.276. The van der Waals surface area contributed by atoms with Crippen LogP contribution in [0.5, 0.6) is 11.5 Å². The molecule has 0 aliphatic rings. The van der Waals surface area contributed by atoms with Crippen LogP contribution in [0.1, 0.15) is 59.6 Å². The van der Waals surface area contributed by atoms with Crippen molar-refractivity contribution in [2.45, 2.75) is 45.1 Å². The highest BCUT2D eigenvalue weighted by molar-refractivity contribution is 5.48. The van der Waals surface area contributed by atoms with E-state index in [2.05, 4.69) is 33.2 Å². The highest BCUT2D eigenvalue weighted by Gasteiger charge is 2.41. The van der Waals surface area contributed by atoms with Crippen LogP contribution in [0.2, 0.25) is 0 Å². The van der Waals surface area contributed by atoms with Gasteiger partial charge in [-0.2, -0.15) is 8.78 Å². The van der Waals surface area contributed by atoms with E-state index in [9.17, 15) is 48.3 Å². The number of aryl methyl sites for hydroxylation is 1.